The Bertz CT molecular complexity index is 567. The van der Waals surface area contributed by atoms with E-state index in [-0.39, 0.29) is 36.0 Å². The van der Waals surface area contributed by atoms with Gasteiger partial charge < -0.3 is 9.15 Å². The number of carbonyl (C=O) groups is 3. The topological polar surface area (TPSA) is 76.8 Å². The van der Waals surface area contributed by atoms with Gasteiger partial charge in [-0.1, -0.05) is 12.8 Å². The molecule has 1 aliphatic heterocycles. The van der Waals surface area contributed by atoms with Crippen LogP contribution >= 0.6 is 0 Å². The van der Waals surface area contributed by atoms with Crippen LogP contribution in [0.4, 0.5) is 0 Å². The molecular formula is C15H17NO5. The van der Waals surface area contributed by atoms with E-state index in [9.17, 15) is 14.4 Å². The fraction of sp³-hybridized carbons (Fsp3) is 0.533. The average molecular weight is 291 g/mol. The highest BCUT2D eigenvalue weighted by molar-refractivity contribution is 6.05. The van der Waals surface area contributed by atoms with Crippen molar-refractivity contribution in [2.75, 3.05) is 7.11 Å². The molecule has 0 spiro atoms. The summed E-state index contributed by atoms with van der Waals surface area (Å²) in [4.78, 5) is 37.2. The fourth-order valence-electron chi connectivity index (χ4n) is 3.22. The van der Waals surface area contributed by atoms with Crippen LogP contribution in [0.2, 0.25) is 0 Å². The molecule has 1 aromatic heterocycles. The summed E-state index contributed by atoms with van der Waals surface area (Å²) >= 11 is 0. The van der Waals surface area contributed by atoms with Crippen molar-refractivity contribution < 1.29 is 23.5 Å². The van der Waals surface area contributed by atoms with Crippen LogP contribution in [0.25, 0.3) is 0 Å². The van der Waals surface area contributed by atoms with Gasteiger partial charge in [-0.05, 0) is 25.0 Å². The van der Waals surface area contributed by atoms with Gasteiger partial charge >= 0.3 is 5.97 Å². The number of likely N-dealkylation sites (tertiary alicyclic amines) is 1. The van der Waals surface area contributed by atoms with E-state index in [0.29, 0.717) is 5.76 Å². The third kappa shape index (κ3) is 2.34. The van der Waals surface area contributed by atoms with Crippen LogP contribution in [-0.4, -0.2) is 29.8 Å². The van der Waals surface area contributed by atoms with Gasteiger partial charge in [-0.15, -0.1) is 0 Å². The van der Waals surface area contributed by atoms with Crippen LogP contribution in [-0.2, 0) is 20.9 Å². The van der Waals surface area contributed by atoms with Crippen LogP contribution in [0, 0.1) is 11.8 Å². The van der Waals surface area contributed by atoms with Crippen molar-refractivity contribution in [1.82, 2.24) is 4.90 Å². The number of hydrogen-bond acceptors (Lipinski definition) is 5. The third-order valence-corrected chi connectivity index (χ3v) is 4.29. The first-order valence-electron chi connectivity index (χ1n) is 7.14. The number of carbonyl (C=O) groups excluding carboxylic acids is 3. The lowest BCUT2D eigenvalue weighted by atomic mass is 9.81. The van der Waals surface area contributed by atoms with Gasteiger partial charge in [-0.3, -0.25) is 14.5 Å². The van der Waals surface area contributed by atoms with E-state index in [4.69, 9.17) is 4.42 Å². The Kier molecular flexibility index (Phi) is 3.53. The van der Waals surface area contributed by atoms with Crippen molar-refractivity contribution in [2.45, 2.75) is 32.2 Å². The molecule has 0 radical (unpaired) electrons. The SMILES string of the molecule is COC(=O)c1ccc(CN2C(=O)[C@H]3CCCC[C@H]3C2=O)o1. The molecule has 2 amide bonds. The van der Waals surface area contributed by atoms with E-state index in [1.807, 2.05) is 0 Å². The van der Waals surface area contributed by atoms with E-state index >= 15 is 0 Å². The predicted octanol–water partition coefficient (Wildman–Crippen LogP) is 1.74. The zero-order valence-electron chi connectivity index (χ0n) is 11.8. The minimum absolute atomic E-state index is 0.0732. The summed E-state index contributed by atoms with van der Waals surface area (Å²) in [7, 11) is 1.27. The Morgan fingerprint density at radius 1 is 1.24 bits per heavy atom. The molecule has 0 aromatic carbocycles. The minimum Gasteiger partial charge on any atom is -0.463 e. The van der Waals surface area contributed by atoms with Crippen molar-refractivity contribution in [2.24, 2.45) is 11.8 Å². The third-order valence-electron chi connectivity index (χ3n) is 4.29. The Labute approximate surface area is 122 Å². The largest absolute Gasteiger partial charge is 0.463 e. The van der Waals surface area contributed by atoms with Gasteiger partial charge in [0.25, 0.3) is 0 Å². The number of methoxy groups -OCH3 is 1. The van der Waals surface area contributed by atoms with Crippen molar-refractivity contribution in [1.29, 1.82) is 0 Å². The Morgan fingerprint density at radius 3 is 2.43 bits per heavy atom. The zero-order valence-corrected chi connectivity index (χ0v) is 11.8. The van der Waals surface area contributed by atoms with Gasteiger partial charge in [0.1, 0.15) is 5.76 Å². The highest BCUT2D eigenvalue weighted by Crippen LogP contribution is 2.38. The summed E-state index contributed by atoms with van der Waals surface area (Å²) in [5, 5.41) is 0. The first-order valence-corrected chi connectivity index (χ1v) is 7.14. The van der Waals surface area contributed by atoms with E-state index in [1.54, 1.807) is 6.07 Å². The molecule has 3 rings (SSSR count). The fourth-order valence-corrected chi connectivity index (χ4v) is 3.22. The maximum atomic E-state index is 12.3. The zero-order chi connectivity index (χ0) is 15.0. The van der Waals surface area contributed by atoms with Crippen molar-refractivity contribution >= 4 is 17.8 Å². The summed E-state index contributed by atoms with van der Waals surface area (Å²) in [5.74, 6) is -0.641. The number of rotatable bonds is 3. The molecular weight excluding hydrogens is 274 g/mol. The molecule has 0 N–H and O–H groups in total. The quantitative estimate of drug-likeness (QED) is 0.626. The lowest BCUT2D eigenvalue weighted by Gasteiger charge is -2.19. The van der Waals surface area contributed by atoms with Crippen LogP contribution < -0.4 is 0 Å². The summed E-state index contributed by atoms with van der Waals surface area (Å²) in [5.41, 5.74) is 0. The van der Waals surface area contributed by atoms with Crippen LogP contribution in [0.3, 0.4) is 0 Å². The van der Waals surface area contributed by atoms with Crippen LogP contribution in [0.15, 0.2) is 16.5 Å². The van der Waals surface area contributed by atoms with Gasteiger partial charge in [0, 0.05) is 0 Å². The number of nitrogens with zero attached hydrogens (tertiary/aromatic N) is 1. The van der Waals surface area contributed by atoms with E-state index < -0.39 is 5.97 Å². The van der Waals surface area contributed by atoms with Crippen molar-refractivity contribution in [3.8, 4) is 0 Å². The molecule has 2 heterocycles. The smallest absolute Gasteiger partial charge is 0.373 e. The lowest BCUT2D eigenvalue weighted by molar-refractivity contribution is -0.140. The number of ether oxygens (including phenoxy) is 1. The normalized spacial score (nSPS) is 25.1. The second kappa shape index (κ2) is 5.35. The number of fused-ring (bicyclic) bond motifs is 1. The summed E-state index contributed by atoms with van der Waals surface area (Å²) in [6, 6.07) is 3.08. The number of esters is 1. The molecule has 6 heteroatoms. The van der Waals surface area contributed by atoms with E-state index in [0.717, 1.165) is 25.7 Å². The highest BCUT2D eigenvalue weighted by Gasteiger charge is 2.48. The van der Waals surface area contributed by atoms with Crippen molar-refractivity contribution in [3.05, 3.63) is 23.7 Å². The standard InChI is InChI=1S/C15H17NO5/c1-20-15(19)12-7-6-9(21-12)8-16-13(17)10-4-2-3-5-11(10)14(16)18/h6-7,10-11H,2-5,8H2,1H3/t10-,11+. The second-order valence-corrected chi connectivity index (χ2v) is 5.52. The molecule has 0 unspecified atom stereocenters. The molecule has 6 nitrogen and oxygen atoms in total. The summed E-state index contributed by atoms with van der Waals surface area (Å²) < 4.78 is 9.89. The number of imide groups is 1. The number of hydrogen-bond donors (Lipinski definition) is 0. The molecule has 112 valence electrons. The van der Waals surface area contributed by atoms with Gasteiger partial charge in [-0.25, -0.2) is 4.79 Å². The van der Waals surface area contributed by atoms with Gasteiger partial charge in [0.2, 0.25) is 17.6 Å². The summed E-state index contributed by atoms with van der Waals surface area (Å²) in [6.07, 6.45) is 3.58. The molecule has 1 aromatic rings. The predicted molar refractivity (Wildman–Crippen MR) is 71.1 cm³/mol. The van der Waals surface area contributed by atoms with Gasteiger partial charge in [0.15, 0.2) is 0 Å². The summed E-state index contributed by atoms with van der Waals surface area (Å²) in [6.45, 7) is 0.0850. The maximum Gasteiger partial charge on any atom is 0.373 e. The average Bonchev–Trinajstić information content (AvgIpc) is 3.07. The van der Waals surface area contributed by atoms with Crippen LogP contribution in [0.1, 0.15) is 42.0 Å². The maximum absolute atomic E-state index is 12.3. The Morgan fingerprint density at radius 2 is 1.86 bits per heavy atom. The molecule has 1 saturated heterocycles. The molecule has 0 bridgehead atoms. The molecule has 2 aliphatic rings. The van der Waals surface area contributed by atoms with Crippen LogP contribution in [0.5, 0.6) is 0 Å². The second-order valence-electron chi connectivity index (χ2n) is 5.52. The van der Waals surface area contributed by atoms with E-state index in [1.165, 1.54) is 18.1 Å². The molecule has 2 fully saturated rings. The Hall–Kier alpha value is -2.11. The lowest BCUT2D eigenvalue weighted by Crippen LogP contribution is -2.30. The number of furan rings is 1. The monoisotopic (exact) mass is 291 g/mol. The first-order chi connectivity index (χ1) is 10.1. The van der Waals surface area contributed by atoms with Gasteiger partial charge in [-0.2, -0.15) is 0 Å². The molecule has 1 saturated carbocycles. The number of amides is 2. The molecule has 21 heavy (non-hydrogen) atoms. The van der Waals surface area contributed by atoms with E-state index in [2.05, 4.69) is 4.74 Å². The molecule has 1 aliphatic carbocycles. The Balaban J connectivity index is 1.75. The highest BCUT2D eigenvalue weighted by atomic mass is 16.5. The molecule has 2 atom stereocenters. The van der Waals surface area contributed by atoms with Gasteiger partial charge in [0.05, 0.1) is 25.5 Å². The minimum atomic E-state index is -0.575. The first kappa shape index (κ1) is 13.9. The van der Waals surface area contributed by atoms with Crippen molar-refractivity contribution in [3.63, 3.8) is 0 Å².